The summed E-state index contributed by atoms with van der Waals surface area (Å²) in [6.07, 6.45) is 0. The number of halogens is 2. The molecule has 9 heteroatoms. The van der Waals surface area contributed by atoms with E-state index in [0.29, 0.717) is 5.56 Å². The highest BCUT2D eigenvalue weighted by Crippen LogP contribution is 2.24. The van der Waals surface area contributed by atoms with Crippen LogP contribution in [0.1, 0.15) is 25.0 Å². The fourth-order valence-corrected chi connectivity index (χ4v) is 4.31. The minimum atomic E-state index is -3.72. The lowest BCUT2D eigenvalue weighted by atomic mass is 10.0. The number of rotatable bonds is 5. The second kappa shape index (κ2) is 7.90. The van der Waals surface area contributed by atoms with E-state index in [9.17, 15) is 22.0 Å². The van der Waals surface area contributed by atoms with E-state index < -0.39 is 33.6 Å². The Morgan fingerprint density at radius 1 is 1.17 bits per heavy atom. The highest BCUT2D eigenvalue weighted by Gasteiger charge is 2.33. The van der Waals surface area contributed by atoms with Gasteiger partial charge in [-0.05, 0) is 24.1 Å². The third kappa shape index (κ3) is 4.29. The Kier molecular flexibility index (Phi) is 5.70. The summed E-state index contributed by atoms with van der Waals surface area (Å²) in [5, 5.41) is 0. The molecule has 2 aromatic rings. The van der Waals surface area contributed by atoms with Crippen LogP contribution in [-0.2, 0) is 21.4 Å². The fraction of sp³-hybridized carbons (Fsp3) is 0.300. The highest BCUT2D eigenvalue weighted by molar-refractivity contribution is 7.90. The minimum absolute atomic E-state index is 0.0681. The first kappa shape index (κ1) is 20.9. The summed E-state index contributed by atoms with van der Waals surface area (Å²) in [5.74, 6) is -1.98. The van der Waals surface area contributed by atoms with Gasteiger partial charge >= 0.3 is 0 Å². The smallest absolute Gasteiger partial charge is 0.263 e. The molecule has 2 aromatic carbocycles. The summed E-state index contributed by atoms with van der Waals surface area (Å²) in [7, 11) is -2.23. The zero-order chi connectivity index (χ0) is 21.3. The number of amides is 1. The number of amidine groups is 1. The Morgan fingerprint density at radius 2 is 1.86 bits per heavy atom. The third-order valence-electron chi connectivity index (χ3n) is 4.61. The first-order chi connectivity index (χ1) is 13.6. The minimum Gasteiger partial charge on any atom is -0.339 e. The Morgan fingerprint density at radius 3 is 2.52 bits per heavy atom. The predicted molar refractivity (Wildman–Crippen MR) is 105 cm³/mol. The highest BCUT2D eigenvalue weighted by atomic mass is 32.2. The average Bonchev–Trinajstić information content (AvgIpc) is 2.92. The van der Waals surface area contributed by atoms with E-state index in [1.54, 1.807) is 32.0 Å². The van der Waals surface area contributed by atoms with Crippen molar-refractivity contribution in [3.8, 4) is 0 Å². The maximum absolute atomic E-state index is 13.9. The van der Waals surface area contributed by atoms with Crippen molar-refractivity contribution in [2.24, 2.45) is 10.9 Å². The monoisotopic (exact) mass is 421 g/mol. The van der Waals surface area contributed by atoms with Crippen LogP contribution >= 0.6 is 0 Å². The van der Waals surface area contributed by atoms with Gasteiger partial charge in [-0.2, -0.15) is 0 Å². The van der Waals surface area contributed by atoms with Gasteiger partial charge in [-0.3, -0.25) is 14.5 Å². The van der Waals surface area contributed by atoms with Crippen molar-refractivity contribution >= 4 is 21.8 Å². The van der Waals surface area contributed by atoms with Crippen molar-refractivity contribution in [1.82, 2.24) is 9.62 Å². The molecule has 0 bridgehead atoms. The van der Waals surface area contributed by atoms with E-state index in [4.69, 9.17) is 0 Å². The molecule has 1 heterocycles. The summed E-state index contributed by atoms with van der Waals surface area (Å²) in [5.41, 5.74) is 0.572. The number of aliphatic imine (C=N–C) groups is 1. The summed E-state index contributed by atoms with van der Waals surface area (Å²) in [6.45, 7) is 3.50. The van der Waals surface area contributed by atoms with Crippen LogP contribution in [0.3, 0.4) is 0 Å². The van der Waals surface area contributed by atoms with E-state index in [-0.39, 0.29) is 28.8 Å². The van der Waals surface area contributed by atoms with Crippen molar-refractivity contribution in [3.05, 3.63) is 65.2 Å². The van der Waals surface area contributed by atoms with Gasteiger partial charge in [0.1, 0.15) is 23.5 Å². The van der Waals surface area contributed by atoms with Crippen LogP contribution in [0.5, 0.6) is 0 Å². The number of fused-ring (bicyclic) bond motifs is 1. The number of nitrogens with one attached hydrogen (secondary N) is 1. The summed E-state index contributed by atoms with van der Waals surface area (Å²) in [4.78, 5) is 18.8. The van der Waals surface area contributed by atoms with Gasteiger partial charge in [-0.1, -0.05) is 32.0 Å². The van der Waals surface area contributed by atoms with E-state index in [0.717, 1.165) is 12.1 Å². The molecular formula is C20H21F2N3O3S. The first-order valence-corrected chi connectivity index (χ1v) is 10.5. The van der Waals surface area contributed by atoms with Crippen LogP contribution in [0.25, 0.3) is 0 Å². The predicted octanol–water partition coefficient (Wildman–Crippen LogP) is 2.69. The standard InChI is InChI=1S/C20H21F2N3O3S/c1-12(2)18(20(26)25(3)11-13-8-9-14(21)10-16(13)22)23-19-15-6-4-5-7-17(15)29(27,28)24-19/h4-10,12,18H,11H2,1-3H3,(H,23,24)/t18-/m0/s1. The molecule has 0 unspecified atom stereocenters. The number of benzene rings is 2. The molecule has 0 aliphatic carbocycles. The molecule has 6 nitrogen and oxygen atoms in total. The normalized spacial score (nSPS) is 17.1. The summed E-state index contributed by atoms with van der Waals surface area (Å²) in [6, 6.07) is 8.67. The molecular weight excluding hydrogens is 400 g/mol. The Hall–Kier alpha value is -2.81. The van der Waals surface area contributed by atoms with Crippen LogP contribution in [0, 0.1) is 17.6 Å². The molecule has 1 aliphatic rings. The topological polar surface area (TPSA) is 78.8 Å². The molecule has 0 saturated heterocycles. The van der Waals surface area contributed by atoms with Gasteiger partial charge in [-0.25, -0.2) is 17.2 Å². The Balaban J connectivity index is 1.88. The number of hydrogen-bond acceptors (Lipinski definition) is 4. The number of carbonyl (C=O) groups is 1. The lowest BCUT2D eigenvalue weighted by molar-refractivity contribution is -0.132. The third-order valence-corrected chi connectivity index (χ3v) is 6.01. The molecule has 1 atom stereocenters. The van der Waals surface area contributed by atoms with Crippen LogP contribution in [-0.4, -0.2) is 38.2 Å². The largest absolute Gasteiger partial charge is 0.339 e. The lowest BCUT2D eigenvalue weighted by Gasteiger charge is -2.24. The van der Waals surface area contributed by atoms with Gasteiger partial charge in [0.05, 0.1) is 4.90 Å². The van der Waals surface area contributed by atoms with Crippen molar-refractivity contribution in [3.63, 3.8) is 0 Å². The molecule has 0 aromatic heterocycles. The van der Waals surface area contributed by atoms with Gasteiger partial charge in [-0.15, -0.1) is 0 Å². The van der Waals surface area contributed by atoms with Gasteiger partial charge in [0.15, 0.2) is 0 Å². The number of hydrogen-bond donors (Lipinski definition) is 1. The number of nitrogens with zero attached hydrogens (tertiary/aromatic N) is 2. The van der Waals surface area contributed by atoms with E-state index >= 15 is 0 Å². The van der Waals surface area contributed by atoms with E-state index in [2.05, 4.69) is 9.71 Å². The number of likely N-dealkylation sites (N-methyl/N-ethyl adjacent to an activating group) is 1. The van der Waals surface area contributed by atoms with Gasteiger partial charge in [0.25, 0.3) is 10.0 Å². The lowest BCUT2D eigenvalue weighted by Crippen LogP contribution is -2.39. The number of carbonyl (C=O) groups excluding carboxylic acids is 1. The molecule has 1 amide bonds. The second-order valence-corrected chi connectivity index (χ2v) is 8.85. The van der Waals surface area contributed by atoms with Gasteiger partial charge < -0.3 is 4.90 Å². The van der Waals surface area contributed by atoms with Crippen molar-refractivity contribution in [1.29, 1.82) is 0 Å². The van der Waals surface area contributed by atoms with Crippen LogP contribution in [0.2, 0.25) is 0 Å². The maximum atomic E-state index is 13.9. The SMILES string of the molecule is CC(C)[C@H](N=C1NS(=O)(=O)c2ccccc21)C(=O)N(C)Cc1ccc(F)cc1F. The first-order valence-electron chi connectivity index (χ1n) is 8.99. The van der Waals surface area contributed by atoms with Crippen molar-refractivity contribution < 1.29 is 22.0 Å². The number of sulfonamides is 1. The second-order valence-electron chi connectivity index (χ2n) is 7.20. The maximum Gasteiger partial charge on any atom is 0.263 e. The fourth-order valence-electron chi connectivity index (χ4n) is 3.07. The molecule has 0 saturated carbocycles. The Labute approximate surface area is 168 Å². The quantitative estimate of drug-likeness (QED) is 0.806. The zero-order valence-corrected chi connectivity index (χ0v) is 17.0. The molecule has 3 rings (SSSR count). The zero-order valence-electron chi connectivity index (χ0n) is 16.2. The summed E-state index contributed by atoms with van der Waals surface area (Å²) < 4.78 is 53.9. The van der Waals surface area contributed by atoms with Crippen LogP contribution < -0.4 is 4.72 Å². The molecule has 0 spiro atoms. The van der Waals surface area contributed by atoms with Gasteiger partial charge in [0, 0.05) is 30.8 Å². The molecule has 0 fully saturated rings. The van der Waals surface area contributed by atoms with Crippen molar-refractivity contribution in [2.45, 2.75) is 31.3 Å². The van der Waals surface area contributed by atoms with Crippen molar-refractivity contribution in [2.75, 3.05) is 7.05 Å². The van der Waals surface area contributed by atoms with Crippen LogP contribution in [0.4, 0.5) is 8.78 Å². The molecule has 154 valence electrons. The summed E-state index contributed by atoms with van der Waals surface area (Å²) >= 11 is 0. The van der Waals surface area contributed by atoms with Gasteiger partial charge in [0.2, 0.25) is 5.91 Å². The molecule has 1 aliphatic heterocycles. The molecule has 1 N–H and O–H groups in total. The molecule has 29 heavy (non-hydrogen) atoms. The Bertz CT molecular complexity index is 1080. The van der Waals surface area contributed by atoms with E-state index in [1.807, 2.05) is 0 Å². The van der Waals surface area contributed by atoms with Crippen LogP contribution in [0.15, 0.2) is 52.4 Å². The average molecular weight is 421 g/mol. The molecule has 0 radical (unpaired) electrons. The van der Waals surface area contributed by atoms with E-state index in [1.165, 1.54) is 24.1 Å².